The Morgan fingerprint density at radius 2 is 2.14 bits per heavy atom. The van der Waals surface area contributed by atoms with E-state index in [1.807, 2.05) is 4.90 Å². The van der Waals surface area contributed by atoms with Crippen LogP contribution < -0.4 is 0 Å². The Morgan fingerprint density at radius 3 is 2.81 bits per heavy atom. The van der Waals surface area contributed by atoms with Gasteiger partial charge in [-0.05, 0) is 48.6 Å². The standard InChI is InChI=1S/C18H20N2O/c1-4-18(21)20-9-8-15-14(11-20)6-5-7-16(15)17-10-19-13(3)12(17)2/h4-7,10,19H,1,8-9,11H2,2-3H3. The quantitative estimate of drug-likeness (QED) is 0.841. The van der Waals surface area contributed by atoms with Crippen molar-refractivity contribution in [3.63, 3.8) is 0 Å². The number of hydrogen-bond donors (Lipinski definition) is 1. The van der Waals surface area contributed by atoms with Gasteiger partial charge in [0.2, 0.25) is 5.91 Å². The Hall–Kier alpha value is -2.29. The molecule has 1 aromatic heterocycles. The van der Waals surface area contributed by atoms with Crippen LogP contribution in [0.25, 0.3) is 11.1 Å². The number of nitrogens with one attached hydrogen (secondary N) is 1. The number of aryl methyl sites for hydroxylation is 1. The van der Waals surface area contributed by atoms with Crippen LogP contribution in [0.1, 0.15) is 22.4 Å². The fourth-order valence-electron chi connectivity index (χ4n) is 3.06. The lowest BCUT2D eigenvalue weighted by Crippen LogP contribution is -2.34. The highest BCUT2D eigenvalue weighted by Gasteiger charge is 2.22. The van der Waals surface area contributed by atoms with E-state index in [9.17, 15) is 4.79 Å². The minimum Gasteiger partial charge on any atom is -0.364 e. The highest BCUT2D eigenvalue weighted by molar-refractivity contribution is 5.87. The first-order valence-corrected chi connectivity index (χ1v) is 7.29. The summed E-state index contributed by atoms with van der Waals surface area (Å²) in [6, 6.07) is 6.38. The van der Waals surface area contributed by atoms with Gasteiger partial charge in [0.15, 0.2) is 0 Å². The SMILES string of the molecule is C=CC(=O)N1CCc2c(cccc2-c2c[nH]c(C)c2C)C1. The molecule has 0 unspecified atom stereocenters. The minimum absolute atomic E-state index is 0.0136. The zero-order chi connectivity index (χ0) is 15.0. The van der Waals surface area contributed by atoms with Crippen molar-refractivity contribution >= 4 is 5.91 Å². The first kappa shape index (κ1) is 13.7. The molecule has 1 aliphatic heterocycles. The molecule has 0 spiro atoms. The monoisotopic (exact) mass is 280 g/mol. The van der Waals surface area contributed by atoms with Gasteiger partial charge < -0.3 is 9.88 Å². The fourth-order valence-corrected chi connectivity index (χ4v) is 3.06. The van der Waals surface area contributed by atoms with E-state index in [1.165, 1.54) is 39.6 Å². The van der Waals surface area contributed by atoms with Crippen LogP contribution in [0.3, 0.4) is 0 Å². The summed E-state index contributed by atoms with van der Waals surface area (Å²) >= 11 is 0. The molecule has 21 heavy (non-hydrogen) atoms. The van der Waals surface area contributed by atoms with Crippen molar-refractivity contribution in [1.82, 2.24) is 9.88 Å². The number of fused-ring (bicyclic) bond motifs is 1. The number of nitrogens with zero attached hydrogens (tertiary/aromatic N) is 1. The third-order valence-electron chi connectivity index (χ3n) is 4.44. The molecule has 0 saturated carbocycles. The van der Waals surface area contributed by atoms with Crippen molar-refractivity contribution in [3.05, 3.63) is 59.4 Å². The van der Waals surface area contributed by atoms with Gasteiger partial charge in [0.25, 0.3) is 0 Å². The summed E-state index contributed by atoms with van der Waals surface area (Å²) in [5.41, 5.74) is 7.68. The molecule has 1 aliphatic rings. The van der Waals surface area contributed by atoms with Crippen LogP contribution in [0.4, 0.5) is 0 Å². The highest BCUT2D eigenvalue weighted by Crippen LogP contribution is 2.33. The molecular formula is C18H20N2O. The number of carbonyl (C=O) groups excluding carboxylic acids is 1. The van der Waals surface area contributed by atoms with Crippen LogP contribution in [0.5, 0.6) is 0 Å². The maximum atomic E-state index is 11.8. The van der Waals surface area contributed by atoms with Gasteiger partial charge in [-0.1, -0.05) is 24.8 Å². The first-order chi connectivity index (χ1) is 10.1. The van der Waals surface area contributed by atoms with Gasteiger partial charge in [0.05, 0.1) is 0 Å². The maximum absolute atomic E-state index is 11.8. The summed E-state index contributed by atoms with van der Waals surface area (Å²) < 4.78 is 0. The number of benzene rings is 1. The van der Waals surface area contributed by atoms with Crippen LogP contribution in [0, 0.1) is 13.8 Å². The number of H-pyrrole nitrogens is 1. The summed E-state index contributed by atoms with van der Waals surface area (Å²) in [6.45, 7) is 9.26. The van der Waals surface area contributed by atoms with Crippen LogP contribution >= 0.6 is 0 Å². The van der Waals surface area contributed by atoms with Crippen molar-refractivity contribution < 1.29 is 4.79 Å². The van der Waals surface area contributed by atoms with Gasteiger partial charge in [-0.25, -0.2) is 0 Å². The van der Waals surface area contributed by atoms with E-state index < -0.39 is 0 Å². The van der Waals surface area contributed by atoms with Crippen LogP contribution in [0.15, 0.2) is 37.1 Å². The lowest BCUT2D eigenvalue weighted by Gasteiger charge is -2.29. The average Bonchev–Trinajstić information content (AvgIpc) is 2.85. The number of aromatic amines is 1. The predicted molar refractivity (Wildman–Crippen MR) is 85.0 cm³/mol. The lowest BCUT2D eigenvalue weighted by atomic mass is 9.90. The molecular weight excluding hydrogens is 260 g/mol. The molecule has 0 fully saturated rings. The molecule has 108 valence electrons. The molecule has 0 aliphatic carbocycles. The van der Waals surface area contributed by atoms with E-state index >= 15 is 0 Å². The lowest BCUT2D eigenvalue weighted by molar-refractivity contribution is -0.126. The maximum Gasteiger partial charge on any atom is 0.246 e. The highest BCUT2D eigenvalue weighted by atomic mass is 16.2. The normalized spacial score (nSPS) is 13.9. The molecule has 0 saturated heterocycles. The summed E-state index contributed by atoms with van der Waals surface area (Å²) in [5, 5.41) is 0. The van der Waals surface area contributed by atoms with E-state index in [1.54, 1.807) is 0 Å². The number of aromatic nitrogens is 1. The van der Waals surface area contributed by atoms with Gasteiger partial charge >= 0.3 is 0 Å². The van der Waals surface area contributed by atoms with E-state index in [4.69, 9.17) is 0 Å². The van der Waals surface area contributed by atoms with Gasteiger partial charge in [0.1, 0.15) is 0 Å². The molecule has 0 radical (unpaired) electrons. The molecule has 1 amide bonds. The van der Waals surface area contributed by atoms with Crippen LogP contribution in [-0.4, -0.2) is 22.3 Å². The van der Waals surface area contributed by atoms with Gasteiger partial charge in [-0.3, -0.25) is 4.79 Å². The molecule has 2 heterocycles. The third-order valence-corrected chi connectivity index (χ3v) is 4.44. The van der Waals surface area contributed by atoms with Crippen LogP contribution in [-0.2, 0) is 17.8 Å². The zero-order valence-corrected chi connectivity index (χ0v) is 12.6. The molecule has 0 atom stereocenters. The smallest absolute Gasteiger partial charge is 0.246 e. The first-order valence-electron chi connectivity index (χ1n) is 7.29. The van der Waals surface area contributed by atoms with Gasteiger partial charge in [-0.2, -0.15) is 0 Å². The van der Waals surface area contributed by atoms with E-state index in [0.29, 0.717) is 6.54 Å². The molecule has 3 heteroatoms. The Bertz CT molecular complexity index is 712. The van der Waals surface area contributed by atoms with Crippen LogP contribution in [0.2, 0.25) is 0 Å². The molecule has 2 aromatic rings. The largest absolute Gasteiger partial charge is 0.364 e. The van der Waals surface area contributed by atoms with E-state index in [-0.39, 0.29) is 5.91 Å². The second kappa shape index (κ2) is 5.24. The van der Waals surface area contributed by atoms with Gasteiger partial charge in [-0.15, -0.1) is 0 Å². The van der Waals surface area contributed by atoms with Crippen molar-refractivity contribution in [2.45, 2.75) is 26.8 Å². The Labute approximate surface area is 125 Å². The van der Waals surface area contributed by atoms with Crippen molar-refractivity contribution in [2.75, 3.05) is 6.54 Å². The molecule has 0 bridgehead atoms. The van der Waals surface area contributed by atoms with Crippen molar-refractivity contribution in [1.29, 1.82) is 0 Å². The number of amides is 1. The summed E-state index contributed by atoms with van der Waals surface area (Å²) in [7, 11) is 0. The predicted octanol–water partition coefficient (Wildman–Crippen LogP) is 3.37. The minimum atomic E-state index is 0.0136. The molecule has 1 aromatic carbocycles. The second-order valence-electron chi connectivity index (χ2n) is 5.61. The van der Waals surface area contributed by atoms with Gasteiger partial charge in [0, 0.05) is 30.5 Å². The Kier molecular flexibility index (Phi) is 3.42. The second-order valence-corrected chi connectivity index (χ2v) is 5.61. The Balaban J connectivity index is 2.02. The molecule has 3 nitrogen and oxygen atoms in total. The number of rotatable bonds is 2. The van der Waals surface area contributed by atoms with E-state index in [2.05, 4.69) is 49.8 Å². The van der Waals surface area contributed by atoms with Crippen molar-refractivity contribution in [3.8, 4) is 11.1 Å². The topological polar surface area (TPSA) is 36.1 Å². The number of carbonyl (C=O) groups is 1. The fraction of sp³-hybridized carbons (Fsp3) is 0.278. The van der Waals surface area contributed by atoms with Crippen molar-refractivity contribution in [2.24, 2.45) is 0 Å². The summed E-state index contributed by atoms with van der Waals surface area (Å²) in [4.78, 5) is 16.9. The Morgan fingerprint density at radius 1 is 1.33 bits per heavy atom. The summed E-state index contributed by atoms with van der Waals surface area (Å²) in [6.07, 6.45) is 4.38. The summed E-state index contributed by atoms with van der Waals surface area (Å²) in [5.74, 6) is 0.0136. The molecule has 1 N–H and O–H groups in total. The third kappa shape index (κ3) is 2.29. The average molecular weight is 280 g/mol. The molecule has 3 rings (SSSR count). The number of hydrogen-bond acceptors (Lipinski definition) is 1. The van der Waals surface area contributed by atoms with E-state index in [0.717, 1.165) is 13.0 Å². The zero-order valence-electron chi connectivity index (χ0n) is 12.6.